The molecule has 0 bridgehead atoms. The Bertz CT molecular complexity index is 590. The van der Waals surface area contributed by atoms with Crippen LogP contribution in [-0.2, 0) is 13.1 Å². The maximum absolute atomic E-state index is 9.09. The van der Waals surface area contributed by atoms with Crippen LogP contribution in [0.4, 0.5) is 0 Å². The number of aryl methyl sites for hydroxylation is 1. The van der Waals surface area contributed by atoms with E-state index in [4.69, 9.17) is 21.7 Å². The number of benzene rings is 1. The number of imidazole rings is 1. The number of hydrogen-bond donors (Lipinski definition) is 1. The Labute approximate surface area is 124 Å². The molecule has 1 N–H and O–H groups in total. The normalized spacial score (nSPS) is 16.3. The van der Waals surface area contributed by atoms with E-state index in [1.807, 2.05) is 18.2 Å². The van der Waals surface area contributed by atoms with E-state index in [2.05, 4.69) is 9.47 Å². The molecule has 1 aromatic heterocycles. The standard InChI is InChI=1S/C15H20ClN3O/c16-12-4-5-14-13(10-12)17-15(19(14)8-3-9-20)11-18-6-1-2-7-18/h4-5,10,20H,1-3,6-9,11H2. The summed E-state index contributed by atoms with van der Waals surface area (Å²) in [5.74, 6) is 1.08. The molecule has 4 nitrogen and oxygen atoms in total. The summed E-state index contributed by atoms with van der Waals surface area (Å²) in [5.41, 5.74) is 2.06. The van der Waals surface area contributed by atoms with Crippen LogP contribution in [0, 0.1) is 0 Å². The van der Waals surface area contributed by atoms with Crippen LogP contribution < -0.4 is 0 Å². The highest BCUT2D eigenvalue weighted by Crippen LogP contribution is 2.22. The van der Waals surface area contributed by atoms with E-state index in [1.54, 1.807) is 0 Å². The van der Waals surface area contributed by atoms with Crippen LogP contribution in [0.3, 0.4) is 0 Å². The first kappa shape index (κ1) is 13.9. The second-order valence-electron chi connectivity index (χ2n) is 5.37. The predicted octanol–water partition coefficient (Wildman–Crippen LogP) is 2.67. The quantitative estimate of drug-likeness (QED) is 0.921. The largest absolute Gasteiger partial charge is 0.396 e. The second kappa shape index (κ2) is 6.12. The van der Waals surface area contributed by atoms with E-state index in [9.17, 15) is 0 Å². The molecule has 1 fully saturated rings. The van der Waals surface area contributed by atoms with Gasteiger partial charge in [-0.3, -0.25) is 4.90 Å². The third-order valence-electron chi connectivity index (χ3n) is 3.89. The molecule has 1 aromatic carbocycles. The third kappa shape index (κ3) is 2.82. The molecule has 0 atom stereocenters. The molecule has 1 saturated heterocycles. The van der Waals surface area contributed by atoms with Gasteiger partial charge < -0.3 is 9.67 Å². The predicted molar refractivity (Wildman–Crippen MR) is 81.0 cm³/mol. The van der Waals surface area contributed by atoms with Gasteiger partial charge in [0.1, 0.15) is 5.82 Å². The van der Waals surface area contributed by atoms with E-state index in [0.29, 0.717) is 0 Å². The first-order valence-electron chi connectivity index (χ1n) is 7.26. The van der Waals surface area contributed by atoms with Crippen LogP contribution >= 0.6 is 11.6 Å². The van der Waals surface area contributed by atoms with Gasteiger partial charge in [0.15, 0.2) is 0 Å². The van der Waals surface area contributed by atoms with Crippen molar-refractivity contribution in [3.05, 3.63) is 29.0 Å². The number of rotatable bonds is 5. The number of halogens is 1. The van der Waals surface area contributed by atoms with Gasteiger partial charge in [-0.15, -0.1) is 0 Å². The molecule has 0 amide bonds. The SMILES string of the molecule is OCCCn1c(CN2CCCC2)nc2cc(Cl)ccc21. The van der Waals surface area contributed by atoms with E-state index in [0.717, 1.165) is 54.5 Å². The summed E-state index contributed by atoms with van der Waals surface area (Å²) in [7, 11) is 0. The van der Waals surface area contributed by atoms with Gasteiger partial charge in [-0.05, 0) is 50.6 Å². The fraction of sp³-hybridized carbons (Fsp3) is 0.533. The molecule has 20 heavy (non-hydrogen) atoms. The van der Waals surface area contributed by atoms with Gasteiger partial charge in [0.2, 0.25) is 0 Å². The lowest BCUT2D eigenvalue weighted by Gasteiger charge is -2.15. The number of aromatic nitrogens is 2. The Morgan fingerprint density at radius 1 is 1.25 bits per heavy atom. The Kier molecular flexibility index (Phi) is 4.24. The van der Waals surface area contributed by atoms with Crippen molar-refractivity contribution in [2.24, 2.45) is 0 Å². The third-order valence-corrected chi connectivity index (χ3v) is 4.13. The smallest absolute Gasteiger partial charge is 0.124 e. The molecule has 2 aromatic rings. The van der Waals surface area contributed by atoms with Crippen molar-refractivity contribution in [2.75, 3.05) is 19.7 Å². The Morgan fingerprint density at radius 3 is 2.80 bits per heavy atom. The van der Waals surface area contributed by atoms with Gasteiger partial charge in [-0.1, -0.05) is 11.6 Å². The summed E-state index contributed by atoms with van der Waals surface area (Å²) < 4.78 is 2.22. The molecule has 108 valence electrons. The van der Waals surface area contributed by atoms with E-state index >= 15 is 0 Å². The molecular weight excluding hydrogens is 274 g/mol. The lowest BCUT2D eigenvalue weighted by Crippen LogP contribution is -2.21. The summed E-state index contributed by atoms with van der Waals surface area (Å²) in [6.07, 6.45) is 3.31. The maximum atomic E-state index is 9.09. The van der Waals surface area contributed by atoms with E-state index in [1.165, 1.54) is 12.8 Å². The molecule has 0 radical (unpaired) electrons. The van der Waals surface area contributed by atoms with Gasteiger partial charge in [0, 0.05) is 18.2 Å². The monoisotopic (exact) mass is 293 g/mol. The van der Waals surface area contributed by atoms with Crippen molar-refractivity contribution >= 4 is 22.6 Å². The zero-order chi connectivity index (χ0) is 13.9. The fourth-order valence-electron chi connectivity index (χ4n) is 2.89. The molecule has 0 aliphatic carbocycles. The van der Waals surface area contributed by atoms with Crippen LogP contribution in [0.5, 0.6) is 0 Å². The minimum atomic E-state index is 0.205. The molecule has 0 unspecified atom stereocenters. The van der Waals surface area contributed by atoms with E-state index in [-0.39, 0.29) is 6.61 Å². The minimum absolute atomic E-state index is 0.205. The Balaban J connectivity index is 1.94. The second-order valence-corrected chi connectivity index (χ2v) is 5.81. The summed E-state index contributed by atoms with van der Waals surface area (Å²) in [5, 5.41) is 9.81. The number of aliphatic hydroxyl groups excluding tert-OH is 1. The van der Waals surface area contributed by atoms with Gasteiger partial charge in [0.25, 0.3) is 0 Å². The maximum Gasteiger partial charge on any atom is 0.124 e. The number of likely N-dealkylation sites (tertiary alicyclic amines) is 1. The topological polar surface area (TPSA) is 41.3 Å². The molecule has 5 heteroatoms. The molecular formula is C15H20ClN3O. The van der Waals surface area contributed by atoms with Crippen molar-refractivity contribution in [1.29, 1.82) is 0 Å². The molecule has 2 heterocycles. The molecule has 0 saturated carbocycles. The van der Waals surface area contributed by atoms with Gasteiger partial charge >= 0.3 is 0 Å². The zero-order valence-electron chi connectivity index (χ0n) is 11.6. The van der Waals surface area contributed by atoms with Crippen molar-refractivity contribution < 1.29 is 5.11 Å². The number of nitrogens with zero attached hydrogens (tertiary/aromatic N) is 3. The summed E-state index contributed by atoms with van der Waals surface area (Å²) >= 11 is 6.06. The van der Waals surface area contributed by atoms with Gasteiger partial charge in [-0.25, -0.2) is 4.98 Å². The first-order chi connectivity index (χ1) is 9.78. The Hall–Kier alpha value is -1.10. The summed E-state index contributed by atoms with van der Waals surface area (Å²) in [4.78, 5) is 7.19. The molecule has 1 aliphatic heterocycles. The van der Waals surface area contributed by atoms with Crippen LogP contribution in [-0.4, -0.2) is 39.3 Å². The minimum Gasteiger partial charge on any atom is -0.396 e. The fourth-order valence-corrected chi connectivity index (χ4v) is 3.06. The van der Waals surface area contributed by atoms with Gasteiger partial charge in [-0.2, -0.15) is 0 Å². The highest BCUT2D eigenvalue weighted by molar-refractivity contribution is 6.31. The molecule has 1 aliphatic rings. The van der Waals surface area contributed by atoms with Crippen LogP contribution in [0.25, 0.3) is 11.0 Å². The van der Waals surface area contributed by atoms with Crippen LogP contribution in [0.15, 0.2) is 18.2 Å². The number of hydrogen-bond acceptors (Lipinski definition) is 3. The number of aliphatic hydroxyl groups is 1. The van der Waals surface area contributed by atoms with Gasteiger partial charge in [0.05, 0.1) is 17.6 Å². The molecule has 0 spiro atoms. The van der Waals surface area contributed by atoms with Crippen LogP contribution in [0.1, 0.15) is 25.1 Å². The Morgan fingerprint density at radius 2 is 2.05 bits per heavy atom. The highest BCUT2D eigenvalue weighted by Gasteiger charge is 2.17. The van der Waals surface area contributed by atoms with Crippen molar-refractivity contribution in [3.8, 4) is 0 Å². The lowest BCUT2D eigenvalue weighted by atomic mass is 10.3. The van der Waals surface area contributed by atoms with Crippen molar-refractivity contribution in [3.63, 3.8) is 0 Å². The average Bonchev–Trinajstić information content (AvgIpc) is 3.04. The van der Waals surface area contributed by atoms with Crippen molar-refractivity contribution in [1.82, 2.24) is 14.5 Å². The van der Waals surface area contributed by atoms with Crippen molar-refractivity contribution in [2.45, 2.75) is 32.4 Å². The molecule has 3 rings (SSSR count). The van der Waals surface area contributed by atoms with Crippen LogP contribution in [0.2, 0.25) is 5.02 Å². The first-order valence-corrected chi connectivity index (χ1v) is 7.63. The lowest BCUT2D eigenvalue weighted by molar-refractivity contribution is 0.276. The highest BCUT2D eigenvalue weighted by atomic mass is 35.5. The summed E-state index contributed by atoms with van der Waals surface area (Å²) in [6, 6.07) is 5.84. The average molecular weight is 294 g/mol. The number of fused-ring (bicyclic) bond motifs is 1. The summed E-state index contributed by atoms with van der Waals surface area (Å²) in [6.45, 7) is 4.21. The van der Waals surface area contributed by atoms with E-state index < -0.39 is 0 Å². The zero-order valence-corrected chi connectivity index (χ0v) is 12.3.